The SMILES string of the molecule is COc1ccc([C@H]2C(=C(O)c3cccc(OC)c3)C(=O)C(=O)N2c2ccccn2)cc1. The summed E-state index contributed by atoms with van der Waals surface area (Å²) >= 11 is 0. The van der Waals surface area contributed by atoms with Gasteiger partial charge in [-0.1, -0.05) is 30.3 Å². The van der Waals surface area contributed by atoms with E-state index in [9.17, 15) is 14.7 Å². The van der Waals surface area contributed by atoms with Gasteiger partial charge in [-0.3, -0.25) is 14.5 Å². The monoisotopic (exact) mass is 416 g/mol. The number of benzene rings is 2. The lowest BCUT2D eigenvalue weighted by Gasteiger charge is -2.24. The zero-order chi connectivity index (χ0) is 22.0. The Hall–Kier alpha value is -4.13. The fraction of sp³-hybridized carbons (Fsp3) is 0.125. The Morgan fingerprint density at radius 2 is 1.68 bits per heavy atom. The molecular formula is C24H20N2O5. The number of ketones is 1. The molecule has 3 aromatic rings. The quantitative estimate of drug-likeness (QED) is 0.387. The third-order valence-electron chi connectivity index (χ3n) is 5.12. The van der Waals surface area contributed by atoms with Gasteiger partial charge in [-0.25, -0.2) is 4.98 Å². The van der Waals surface area contributed by atoms with Crippen molar-refractivity contribution in [3.8, 4) is 11.5 Å². The molecule has 1 saturated heterocycles. The molecule has 2 aromatic carbocycles. The molecule has 1 amide bonds. The number of nitrogens with zero attached hydrogens (tertiary/aromatic N) is 2. The topological polar surface area (TPSA) is 89.0 Å². The molecule has 31 heavy (non-hydrogen) atoms. The highest BCUT2D eigenvalue weighted by molar-refractivity contribution is 6.51. The molecule has 2 heterocycles. The van der Waals surface area contributed by atoms with Crippen LogP contribution in [0.2, 0.25) is 0 Å². The minimum Gasteiger partial charge on any atom is -0.507 e. The molecule has 7 nitrogen and oxygen atoms in total. The van der Waals surface area contributed by atoms with Crippen LogP contribution in [0, 0.1) is 0 Å². The van der Waals surface area contributed by atoms with Gasteiger partial charge in [0.1, 0.15) is 23.1 Å². The predicted octanol–water partition coefficient (Wildman–Crippen LogP) is 3.73. The zero-order valence-electron chi connectivity index (χ0n) is 17.0. The number of hydrogen-bond donors (Lipinski definition) is 1. The van der Waals surface area contributed by atoms with E-state index in [4.69, 9.17) is 9.47 Å². The summed E-state index contributed by atoms with van der Waals surface area (Å²) in [4.78, 5) is 31.7. The first kappa shape index (κ1) is 20.2. The van der Waals surface area contributed by atoms with Crippen LogP contribution in [0.25, 0.3) is 5.76 Å². The first-order valence-electron chi connectivity index (χ1n) is 9.55. The summed E-state index contributed by atoms with van der Waals surface area (Å²) in [6.45, 7) is 0. The molecule has 0 spiro atoms. The van der Waals surface area contributed by atoms with Crippen molar-refractivity contribution in [2.75, 3.05) is 19.1 Å². The number of pyridine rings is 1. The smallest absolute Gasteiger partial charge is 0.301 e. The maximum absolute atomic E-state index is 13.1. The van der Waals surface area contributed by atoms with Gasteiger partial charge in [0.2, 0.25) is 0 Å². The number of methoxy groups -OCH3 is 2. The van der Waals surface area contributed by atoms with Crippen molar-refractivity contribution in [2.24, 2.45) is 0 Å². The van der Waals surface area contributed by atoms with E-state index < -0.39 is 17.7 Å². The molecule has 4 rings (SSSR count). The second-order valence-corrected chi connectivity index (χ2v) is 6.86. The van der Waals surface area contributed by atoms with Gasteiger partial charge in [-0.2, -0.15) is 0 Å². The van der Waals surface area contributed by atoms with Crippen LogP contribution in [0.1, 0.15) is 17.2 Å². The van der Waals surface area contributed by atoms with Crippen molar-refractivity contribution in [2.45, 2.75) is 6.04 Å². The number of ether oxygens (including phenoxy) is 2. The van der Waals surface area contributed by atoms with Gasteiger partial charge in [0.05, 0.1) is 25.8 Å². The third-order valence-corrected chi connectivity index (χ3v) is 5.12. The number of aromatic nitrogens is 1. The number of aliphatic hydroxyl groups excluding tert-OH is 1. The van der Waals surface area contributed by atoms with Crippen molar-refractivity contribution >= 4 is 23.3 Å². The molecule has 1 aromatic heterocycles. The minimum absolute atomic E-state index is 0.0194. The molecule has 7 heteroatoms. The van der Waals surface area contributed by atoms with Crippen LogP contribution in [-0.2, 0) is 9.59 Å². The van der Waals surface area contributed by atoms with Crippen molar-refractivity contribution in [1.82, 2.24) is 4.98 Å². The average molecular weight is 416 g/mol. The van der Waals surface area contributed by atoms with Gasteiger partial charge < -0.3 is 14.6 Å². The third kappa shape index (κ3) is 3.61. The van der Waals surface area contributed by atoms with E-state index in [0.29, 0.717) is 28.4 Å². The predicted molar refractivity (Wildman–Crippen MR) is 115 cm³/mol. The Kier molecular flexibility index (Phi) is 5.41. The van der Waals surface area contributed by atoms with E-state index in [-0.39, 0.29) is 11.3 Å². The van der Waals surface area contributed by atoms with Gasteiger partial charge >= 0.3 is 5.91 Å². The second kappa shape index (κ2) is 8.31. The Balaban J connectivity index is 1.93. The van der Waals surface area contributed by atoms with E-state index in [1.165, 1.54) is 12.0 Å². The minimum atomic E-state index is -0.855. The van der Waals surface area contributed by atoms with Crippen LogP contribution >= 0.6 is 0 Å². The Morgan fingerprint density at radius 3 is 2.32 bits per heavy atom. The van der Waals surface area contributed by atoms with Crippen LogP contribution in [0.3, 0.4) is 0 Å². The summed E-state index contributed by atoms with van der Waals surface area (Å²) in [5.41, 5.74) is 0.987. The summed E-state index contributed by atoms with van der Waals surface area (Å²) in [5, 5.41) is 11.1. The summed E-state index contributed by atoms with van der Waals surface area (Å²) in [6.07, 6.45) is 1.54. The van der Waals surface area contributed by atoms with E-state index in [1.54, 1.807) is 80.0 Å². The first-order valence-corrected chi connectivity index (χ1v) is 9.55. The van der Waals surface area contributed by atoms with Crippen LogP contribution in [-0.4, -0.2) is 36.0 Å². The van der Waals surface area contributed by atoms with Gasteiger partial charge in [0.25, 0.3) is 5.78 Å². The average Bonchev–Trinajstić information content (AvgIpc) is 3.09. The Bertz CT molecular complexity index is 1160. The molecular weight excluding hydrogens is 396 g/mol. The first-order chi connectivity index (χ1) is 15.0. The highest BCUT2D eigenvalue weighted by Gasteiger charge is 2.47. The van der Waals surface area contributed by atoms with E-state index in [0.717, 1.165) is 0 Å². The standard InChI is InChI=1S/C24H20N2O5/c1-30-17-11-9-15(10-12-17)21-20(22(27)16-6-5-7-18(14-16)31-2)23(28)24(29)26(21)19-8-3-4-13-25-19/h3-14,21,27H,1-2H3/t21-/m0/s1. The molecule has 0 bridgehead atoms. The molecule has 1 atom stereocenters. The second-order valence-electron chi connectivity index (χ2n) is 6.86. The number of aliphatic hydroxyl groups is 1. The summed E-state index contributed by atoms with van der Waals surface area (Å²) in [7, 11) is 3.06. The summed E-state index contributed by atoms with van der Waals surface area (Å²) in [6, 6.07) is 17.9. The molecule has 1 aliphatic rings. The highest BCUT2D eigenvalue weighted by atomic mass is 16.5. The largest absolute Gasteiger partial charge is 0.507 e. The van der Waals surface area contributed by atoms with Crippen molar-refractivity contribution in [3.63, 3.8) is 0 Å². The van der Waals surface area contributed by atoms with Crippen LogP contribution in [0.4, 0.5) is 5.82 Å². The van der Waals surface area contributed by atoms with E-state index in [1.807, 2.05) is 0 Å². The molecule has 156 valence electrons. The molecule has 0 radical (unpaired) electrons. The van der Waals surface area contributed by atoms with E-state index in [2.05, 4.69) is 4.98 Å². The lowest BCUT2D eigenvalue weighted by atomic mass is 9.95. The normalized spacial score (nSPS) is 17.6. The molecule has 0 unspecified atom stereocenters. The molecule has 1 aliphatic heterocycles. The fourth-order valence-electron chi connectivity index (χ4n) is 3.59. The number of carbonyl (C=O) groups is 2. The number of amides is 1. The van der Waals surface area contributed by atoms with Crippen molar-refractivity contribution < 1.29 is 24.2 Å². The van der Waals surface area contributed by atoms with E-state index >= 15 is 0 Å². The Morgan fingerprint density at radius 1 is 0.935 bits per heavy atom. The lowest BCUT2D eigenvalue weighted by molar-refractivity contribution is -0.132. The number of carbonyl (C=O) groups excluding carboxylic acids is 2. The van der Waals surface area contributed by atoms with Gasteiger partial charge in [-0.15, -0.1) is 0 Å². The van der Waals surface area contributed by atoms with Crippen molar-refractivity contribution in [1.29, 1.82) is 0 Å². The van der Waals surface area contributed by atoms with Crippen LogP contribution in [0.15, 0.2) is 78.5 Å². The molecule has 1 fully saturated rings. The van der Waals surface area contributed by atoms with Gasteiger partial charge in [0, 0.05) is 11.8 Å². The fourth-order valence-corrected chi connectivity index (χ4v) is 3.59. The number of rotatable bonds is 5. The highest BCUT2D eigenvalue weighted by Crippen LogP contribution is 2.42. The molecule has 0 saturated carbocycles. The van der Waals surface area contributed by atoms with Gasteiger partial charge in [-0.05, 0) is 42.0 Å². The lowest BCUT2D eigenvalue weighted by Crippen LogP contribution is -2.30. The summed E-state index contributed by atoms with van der Waals surface area (Å²) in [5.74, 6) is -0.363. The Labute approximate surface area is 179 Å². The number of anilines is 1. The molecule has 1 N–H and O–H groups in total. The summed E-state index contributed by atoms with van der Waals surface area (Å²) < 4.78 is 10.4. The van der Waals surface area contributed by atoms with Crippen LogP contribution < -0.4 is 14.4 Å². The maximum Gasteiger partial charge on any atom is 0.301 e. The molecule has 0 aliphatic carbocycles. The number of hydrogen-bond acceptors (Lipinski definition) is 6. The van der Waals surface area contributed by atoms with Gasteiger partial charge in [0.15, 0.2) is 0 Å². The van der Waals surface area contributed by atoms with Crippen molar-refractivity contribution in [3.05, 3.63) is 89.6 Å². The maximum atomic E-state index is 13.1. The number of Topliss-reactive ketones (excluding diaryl/α,β-unsaturated/α-hetero) is 1. The van der Waals surface area contributed by atoms with Crippen LogP contribution in [0.5, 0.6) is 11.5 Å². The zero-order valence-corrected chi connectivity index (χ0v) is 17.0.